The second-order valence-corrected chi connectivity index (χ2v) is 4.52. The lowest BCUT2D eigenvalue weighted by Crippen LogP contribution is -2.08. The van der Waals surface area contributed by atoms with Crippen molar-refractivity contribution in [1.29, 1.82) is 0 Å². The third kappa shape index (κ3) is 1.44. The van der Waals surface area contributed by atoms with Gasteiger partial charge in [-0.1, -0.05) is 24.4 Å². The second-order valence-electron chi connectivity index (χ2n) is 4.12. The first-order chi connectivity index (χ1) is 8.18. The maximum Gasteiger partial charge on any atom is 0.143 e. The van der Waals surface area contributed by atoms with E-state index >= 15 is 0 Å². The molecular weight excluding hydrogens is 234 g/mol. The highest BCUT2D eigenvalue weighted by Crippen LogP contribution is 2.29. The average molecular weight is 247 g/mol. The highest BCUT2D eigenvalue weighted by atomic mass is 32.1. The van der Waals surface area contributed by atoms with Gasteiger partial charge in [0.2, 0.25) is 0 Å². The Morgan fingerprint density at radius 2 is 2.24 bits per heavy atom. The fourth-order valence-corrected chi connectivity index (χ4v) is 2.38. The van der Waals surface area contributed by atoms with E-state index in [1.165, 1.54) is 0 Å². The number of hydrogen-bond acceptors (Lipinski definition) is 3. The van der Waals surface area contributed by atoms with Crippen molar-refractivity contribution in [1.82, 2.24) is 19.7 Å². The van der Waals surface area contributed by atoms with Crippen molar-refractivity contribution in [2.45, 2.75) is 19.9 Å². The van der Waals surface area contributed by atoms with Gasteiger partial charge in [-0.25, -0.2) is 4.98 Å². The highest BCUT2D eigenvalue weighted by molar-refractivity contribution is 7.71. The van der Waals surface area contributed by atoms with Crippen molar-refractivity contribution < 1.29 is 0 Å². The van der Waals surface area contributed by atoms with Crippen molar-refractivity contribution in [3.8, 4) is 11.4 Å². The van der Waals surface area contributed by atoms with E-state index < -0.39 is 0 Å². The fourth-order valence-electron chi connectivity index (χ4n) is 2.22. The number of rotatable bonds is 1. The molecule has 2 aromatic rings. The maximum absolute atomic E-state index is 5.97. The number of nitrogen functional groups attached to an aromatic ring is 1. The maximum atomic E-state index is 5.97. The number of aryl methyl sites for hydroxylation is 1. The third-order valence-corrected chi connectivity index (χ3v) is 3.35. The van der Waals surface area contributed by atoms with Gasteiger partial charge < -0.3 is 10.3 Å². The van der Waals surface area contributed by atoms with Gasteiger partial charge in [-0.3, -0.25) is 10.2 Å². The van der Waals surface area contributed by atoms with E-state index in [1.807, 2.05) is 6.92 Å². The first-order valence-corrected chi connectivity index (χ1v) is 5.87. The molecule has 2 aromatic heterocycles. The van der Waals surface area contributed by atoms with Crippen LogP contribution in [-0.2, 0) is 13.0 Å². The number of aromatic amines is 2. The standard InChI is InChI=1S/C11H13N5S/c1-6-10(9-8(12)11(17)15-14-9)16-5-3-2-4-7(16)13-6/h2-3H,4-5,12H2,1H3,(H2,14,15,17). The average Bonchev–Trinajstić information content (AvgIpc) is 2.80. The Hall–Kier alpha value is -1.82. The summed E-state index contributed by atoms with van der Waals surface area (Å²) in [5.74, 6) is 1.07. The number of fused-ring (bicyclic) bond motifs is 1. The van der Waals surface area contributed by atoms with Crippen LogP contribution in [0.4, 0.5) is 5.69 Å². The molecule has 0 atom stereocenters. The molecule has 0 saturated carbocycles. The number of aromatic nitrogens is 4. The SMILES string of the molecule is Cc1nc2n(c1-c1[nH][nH]c(=S)c1N)CC=CC2. The molecular formula is C11H13N5S. The largest absolute Gasteiger partial charge is 0.394 e. The minimum Gasteiger partial charge on any atom is -0.394 e. The lowest BCUT2D eigenvalue weighted by atomic mass is 10.2. The molecule has 0 aliphatic carbocycles. The zero-order valence-corrected chi connectivity index (χ0v) is 10.3. The molecule has 0 aromatic carbocycles. The summed E-state index contributed by atoms with van der Waals surface area (Å²) in [6.07, 6.45) is 5.13. The van der Waals surface area contributed by atoms with Crippen LogP contribution < -0.4 is 5.73 Å². The Morgan fingerprint density at radius 3 is 2.94 bits per heavy atom. The van der Waals surface area contributed by atoms with Gasteiger partial charge in [0.15, 0.2) is 0 Å². The molecule has 0 fully saturated rings. The Balaban J connectivity index is 2.25. The van der Waals surface area contributed by atoms with Crippen LogP contribution >= 0.6 is 12.2 Å². The summed E-state index contributed by atoms with van der Waals surface area (Å²) in [7, 11) is 0. The predicted molar refractivity (Wildman–Crippen MR) is 69.2 cm³/mol. The van der Waals surface area contributed by atoms with E-state index in [1.54, 1.807) is 0 Å². The van der Waals surface area contributed by atoms with Crippen LogP contribution in [0.2, 0.25) is 0 Å². The molecule has 4 N–H and O–H groups in total. The van der Waals surface area contributed by atoms with Crippen LogP contribution in [0.1, 0.15) is 11.5 Å². The Morgan fingerprint density at radius 1 is 1.41 bits per heavy atom. The van der Waals surface area contributed by atoms with Crippen molar-refractivity contribution in [2.75, 3.05) is 5.73 Å². The second kappa shape index (κ2) is 3.59. The predicted octanol–water partition coefficient (Wildman–Crippen LogP) is 1.94. The number of nitrogens with zero attached hydrogens (tertiary/aromatic N) is 2. The number of nitrogens with two attached hydrogens (primary N) is 1. The van der Waals surface area contributed by atoms with Crippen molar-refractivity contribution in [3.05, 3.63) is 28.3 Å². The van der Waals surface area contributed by atoms with Gasteiger partial charge in [0.1, 0.15) is 16.2 Å². The van der Waals surface area contributed by atoms with Crippen LogP contribution in [0.15, 0.2) is 12.2 Å². The number of imidazole rings is 1. The van der Waals surface area contributed by atoms with E-state index in [0.717, 1.165) is 35.9 Å². The fraction of sp³-hybridized carbons (Fsp3) is 0.273. The minimum atomic E-state index is 0.543. The number of hydrogen-bond donors (Lipinski definition) is 3. The van der Waals surface area contributed by atoms with E-state index in [0.29, 0.717) is 10.3 Å². The van der Waals surface area contributed by atoms with Crippen molar-refractivity contribution >= 4 is 17.9 Å². The lowest BCUT2D eigenvalue weighted by molar-refractivity contribution is 0.741. The number of nitrogens with one attached hydrogen (secondary N) is 2. The molecule has 5 nitrogen and oxygen atoms in total. The Bertz CT molecular complexity index is 658. The van der Waals surface area contributed by atoms with Crippen LogP contribution in [0, 0.1) is 11.6 Å². The number of H-pyrrole nitrogens is 2. The van der Waals surface area contributed by atoms with E-state index in [9.17, 15) is 0 Å². The summed E-state index contributed by atoms with van der Waals surface area (Å²) in [4.78, 5) is 4.57. The molecule has 0 unspecified atom stereocenters. The Kier molecular flexibility index (Phi) is 2.19. The third-order valence-electron chi connectivity index (χ3n) is 3.03. The number of anilines is 1. The topological polar surface area (TPSA) is 75.4 Å². The molecule has 3 rings (SSSR count). The molecule has 0 amide bonds. The number of allylic oxidation sites excluding steroid dienone is 2. The normalized spacial score (nSPS) is 13.9. The van der Waals surface area contributed by atoms with Gasteiger partial charge in [0, 0.05) is 13.0 Å². The van der Waals surface area contributed by atoms with Gasteiger partial charge in [0.05, 0.1) is 17.1 Å². The summed E-state index contributed by atoms with van der Waals surface area (Å²) >= 11 is 5.09. The summed E-state index contributed by atoms with van der Waals surface area (Å²) in [5.41, 5.74) is 9.38. The van der Waals surface area contributed by atoms with Gasteiger partial charge in [-0.15, -0.1) is 0 Å². The molecule has 3 heterocycles. The van der Waals surface area contributed by atoms with Gasteiger partial charge in [-0.05, 0) is 6.92 Å². The zero-order chi connectivity index (χ0) is 12.0. The molecule has 6 heteroatoms. The van der Waals surface area contributed by atoms with Crippen LogP contribution in [0.3, 0.4) is 0 Å². The van der Waals surface area contributed by atoms with Crippen LogP contribution in [0.5, 0.6) is 0 Å². The summed E-state index contributed by atoms with van der Waals surface area (Å²) in [5, 5.41) is 5.89. The molecule has 0 saturated heterocycles. The first-order valence-electron chi connectivity index (χ1n) is 5.46. The van der Waals surface area contributed by atoms with Gasteiger partial charge >= 0.3 is 0 Å². The Labute approximate surface area is 103 Å². The molecule has 0 spiro atoms. The highest BCUT2D eigenvalue weighted by Gasteiger charge is 2.19. The zero-order valence-electron chi connectivity index (χ0n) is 9.45. The van der Waals surface area contributed by atoms with Gasteiger partial charge in [0.25, 0.3) is 0 Å². The van der Waals surface area contributed by atoms with E-state index in [2.05, 4.69) is 31.9 Å². The van der Waals surface area contributed by atoms with Crippen molar-refractivity contribution in [3.63, 3.8) is 0 Å². The van der Waals surface area contributed by atoms with Gasteiger partial charge in [-0.2, -0.15) is 0 Å². The summed E-state index contributed by atoms with van der Waals surface area (Å²) in [6, 6.07) is 0. The van der Waals surface area contributed by atoms with Crippen LogP contribution in [0.25, 0.3) is 11.4 Å². The van der Waals surface area contributed by atoms with E-state index in [-0.39, 0.29) is 0 Å². The molecule has 17 heavy (non-hydrogen) atoms. The first kappa shape index (κ1) is 10.3. The van der Waals surface area contributed by atoms with Crippen molar-refractivity contribution in [2.24, 2.45) is 0 Å². The molecule has 1 aliphatic rings. The minimum absolute atomic E-state index is 0.543. The smallest absolute Gasteiger partial charge is 0.143 e. The quantitative estimate of drug-likeness (QED) is 0.532. The van der Waals surface area contributed by atoms with E-state index in [4.69, 9.17) is 18.0 Å². The summed E-state index contributed by atoms with van der Waals surface area (Å²) < 4.78 is 2.71. The molecule has 88 valence electrons. The van der Waals surface area contributed by atoms with Crippen LogP contribution in [-0.4, -0.2) is 19.7 Å². The summed E-state index contributed by atoms with van der Waals surface area (Å²) in [6.45, 7) is 2.82. The monoisotopic (exact) mass is 247 g/mol. The lowest BCUT2D eigenvalue weighted by Gasteiger charge is -2.11. The molecule has 0 bridgehead atoms. The molecule has 1 aliphatic heterocycles. The molecule has 0 radical (unpaired) electrons.